The Hall–Kier alpha value is -5.47. The van der Waals surface area contributed by atoms with Crippen LogP contribution in [-0.2, 0) is 0 Å². The zero-order chi connectivity index (χ0) is 28.3. The number of phenols is 1. The fourth-order valence-electron chi connectivity index (χ4n) is 4.64. The molecular weight excluding hydrogens is 500 g/mol. The largest absolute Gasteiger partial charge is 0.507 e. The first kappa shape index (κ1) is 27.1. The van der Waals surface area contributed by atoms with Crippen molar-refractivity contribution in [1.82, 2.24) is 0 Å². The molecule has 5 aromatic carbocycles. The van der Waals surface area contributed by atoms with Gasteiger partial charge >= 0.3 is 0 Å². The highest BCUT2D eigenvalue weighted by atomic mass is 16.3. The molecule has 0 saturated carbocycles. The first-order valence-corrected chi connectivity index (χ1v) is 13.5. The number of carbonyl (C=O) groups is 1. The van der Waals surface area contributed by atoms with E-state index in [0.717, 1.165) is 39.7 Å². The van der Waals surface area contributed by atoms with Crippen molar-refractivity contribution in [2.75, 3.05) is 0 Å². The van der Waals surface area contributed by atoms with Crippen LogP contribution in [0.15, 0.2) is 121 Å². The number of benzene rings is 5. The Kier molecular flexibility index (Phi) is 8.96. The summed E-state index contributed by atoms with van der Waals surface area (Å²) in [4.78, 5) is 12.5. The minimum absolute atomic E-state index is 0.0514. The Balaban J connectivity index is 1.77. The topological polar surface area (TPSA) is 37.3 Å². The maximum absolute atomic E-state index is 12.5. The van der Waals surface area contributed by atoms with E-state index in [1.54, 1.807) is 0 Å². The van der Waals surface area contributed by atoms with Gasteiger partial charge in [-0.25, -0.2) is 0 Å². The average Bonchev–Trinajstić information content (AvgIpc) is 3.03. The molecule has 2 nitrogen and oxygen atoms in total. The second-order valence-electron chi connectivity index (χ2n) is 9.51. The maximum atomic E-state index is 12.5. The number of phenolic OH excluding ortho intramolecular Hbond substituents is 1. The monoisotopic (exact) mass is 530 g/mol. The molecule has 0 aliphatic heterocycles. The lowest BCUT2D eigenvalue weighted by Gasteiger charge is -2.16. The van der Waals surface area contributed by atoms with Crippen LogP contribution in [0.5, 0.6) is 5.75 Å². The van der Waals surface area contributed by atoms with Gasteiger partial charge in [0.25, 0.3) is 0 Å². The molecular formula is C39H30O2. The number of carbonyl (C=O) groups excluding carboxylic acids is 1. The molecule has 0 saturated heterocycles. The second-order valence-corrected chi connectivity index (χ2v) is 9.51. The van der Waals surface area contributed by atoms with Gasteiger partial charge < -0.3 is 5.11 Å². The van der Waals surface area contributed by atoms with Gasteiger partial charge in [0.05, 0.1) is 5.56 Å². The van der Waals surface area contributed by atoms with Crippen LogP contribution >= 0.6 is 0 Å². The third kappa shape index (κ3) is 6.95. The van der Waals surface area contributed by atoms with E-state index in [1.165, 1.54) is 0 Å². The van der Waals surface area contributed by atoms with Crippen LogP contribution in [0.2, 0.25) is 0 Å². The first-order chi connectivity index (χ1) is 20.2. The van der Waals surface area contributed by atoms with Crippen LogP contribution in [0.25, 0.3) is 48.6 Å². The van der Waals surface area contributed by atoms with E-state index >= 15 is 0 Å². The Bertz CT molecular complexity index is 1710. The summed E-state index contributed by atoms with van der Waals surface area (Å²) in [6.07, 6.45) is 16.5. The molecule has 5 rings (SSSR count). The summed E-state index contributed by atoms with van der Waals surface area (Å²) < 4.78 is 0. The van der Waals surface area contributed by atoms with Crippen molar-refractivity contribution < 1.29 is 9.90 Å². The van der Waals surface area contributed by atoms with Crippen LogP contribution in [0.4, 0.5) is 0 Å². The second kappa shape index (κ2) is 13.5. The van der Waals surface area contributed by atoms with Crippen molar-refractivity contribution in [2.45, 2.75) is 0 Å². The molecule has 0 unspecified atom stereocenters. The Labute approximate surface area is 241 Å². The average molecular weight is 531 g/mol. The quantitative estimate of drug-likeness (QED) is 0.152. The molecule has 0 spiro atoms. The molecule has 0 atom stereocenters. The lowest BCUT2D eigenvalue weighted by atomic mass is 9.88. The van der Waals surface area contributed by atoms with Gasteiger partial charge in [-0.05, 0) is 38.9 Å². The van der Waals surface area contributed by atoms with Gasteiger partial charge in [-0.2, -0.15) is 0 Å². The summed E-state index contributed by atoms with van der Waals surface area (Å²) in [6, 6.07) is 39.9. The van der Waals surface area contributed by atoms with E-state index in [4.69, 9.17) is 0 Å². The Morgan fingerprint density at radius 3 is 0.927 bits per heavy atom. The molecule has 0 aliphatic carbocycles. The van der Waals surface area contributed by atoms with Gasteiger partial charge in [-0.15, -0.1) is 0 Å². The molecule has 41 heavy (non-hydrogen) atoms. The summed E-state index contributed by atoms with van der Waals surface area (Å²) in [5.41, 5.74) is 7.17. The zero-order valence-electron chi connectivity index (χ0n) is 22.6. The molecule has 1 N–H and O–H groups in total. The van der Waals surface area contributed by atoms with E-state index in [1.807, 2.05) is 170 Å². The number of hydrogen-bond acceptors (Lipinski definition) is 2. The van der Waals surface area contributed by atoms with Gasteiger partial charge in [0.2, 0.25) is 0 Å². The van der Waals surface area contributed by atoms with Gasteiger partial charge in [-0.1, -0.05) is 170 Å². The summed E-state index contributed by atoms with van der Waals surface area (Å²) in [6.45, 7) is 0. The molecule has 0 heterocycles. The molecule has 198 valence electrons. The van der Waals surface area contributed by atoms with Gasteiger partial charge in [0.15, 0.2) is 6.29 Å². The zero-order valence-corrected chi connectivity index (χ0v) is 22.6. The summed E-state index contributed by atoms with van der Waals surface area (Å²) in [5, 5.41) is 11.6. The van der Waals surface area contributed by atoms with Crippen LogP contribution in [0, 0.1) is 0 Å². The van der Waals surface area contributed by atoms with Gasteiger partial charge in [0.1, 0.15) is 5.75 Å². The fourth-order valence-corrected chi connectivity index (χ4v) is 4.64. The minimum Gasteiger partial charge on any atom is -0.507 e. The molecule has 0 radical (unpaired) electrons. The molecule has 0 bridgehead atoms. The molecule has 0 amide bonds. The van der Waals surface area contributed by atoms with Crippen molar-refractivity contribution in [1.29, 1.82) is 0 Å². The minimum atomic E-state index is -0.0514. The van der Waals surface area contributed by atoms with Crippen LogP contribution in [0.3, 0.4) is 0 Å². The number of aromatic hydroxyl groups is 1. The summed E-state index contributed by atoms with van der Waals surface area (Å²) in [7, 11) is 0. The Morgan fingerprint density at radius 2 is 0.610 bits per heavy atom. The predicted molar refractivity (Wildman–Crippen MR) is 175 cm³/mol. The maximum Gasteiger partial charge on any atom is 0.154 e. The number of rotatable bonds is 9. The first-order valence-electron chi connectivity index (χ1n) is 13.5. The third-order valence-corrected chi connectivity index (χ3v) is 6.76. The van der Waals surface area contributed by atoms with E-state index < -0.39 is 0 Å². The summed E-state index contributed by atoms with van der Waals surface area (Å²) in [5.74, 6) is -0.0514. The van der Waals surface area contributed by atoms with Crippen molar-refractivity contribution in [3.63, 3.8) is 0 Å². The highest BCUT2D eigenvalue weighted by Crippen LogP contribution is 2.37. The third-order valence-electron chi connectivity index (χ3n) is 6.76. The standard InChI is InChI=1S/C39H30O2/c40-29-38-36(27-23-32-17-9-3-10-18-32)34(25-21-30-13-5-1-6-14-30)35(26-22-31-15-7-2-8-16-31)37(39(38)41)28-24-33-19-11-4-12-20-33/h1-29,41H. The van der Waals surface area contributed by atoms with E-state index in [2.05, 4.69) is 0 Å². The van der Waals surface area contributed by atoms with Crippen molar-refractivity contribution >= 4 is 54.9 Å². The van der Waals surface area contributed by atoms with Crippen molar-refractivity contribution in [2.24, 2.45) is 0 Å². The number of aldehydes is 1. The van der Waals surface area contributed by atoms with E-state index in [9.17, 15) is 9.90 Å². The van der Waals surface area contributed by atoms with E-state index in [0.29, 0.717) is 11.1 Å². The molecule has 2 heteroatoms. The van der Waals surface area contributed by atoms with Gasteiger partial charge in [-0.3, -0.25) is 4.79 Å². The SMILES string of the molecule is O=Cc1c(O)c(C=Cc2ccccc2)c(C=Cc2ccccc2)c(C=Cc2ccccc2)c1C=Cc1ccccc1. The van der Waals surface area contributed by atoms with E-state index in [-0.39, 0.29) is 11.3 Å². The lowest BCUT2D eigenvalue weighted by Crippen LogP contribution is -1.99. The van der Waals surface area contributed by atoms with Crippen molar-refractivity contribution in [3.8, 4) is 5.75 Å². The summed E-state index contributed by atoms with van der Waals surface area (Å²) >= 11 is 0. The van der Waals surface area contributed by atoms with Crippen LogP contribution in [0.1, 0.15) is 54.9 Å². The van der Waals surface area contributed by atoms with Gasteiger partial charge in [0, 0.05) is 5.56 Å². The highest BCUT2D eigenvalue weighted by molar-refractivity contribution is 5.99. The molecule has 0 aromatic heterocycles. The van der Waals surface area contributed by atoms with Crippen LogP contribution in [-0.4, -0.2) is 11.4 Å². The van der Waals surface area contributed by atoms with Crippen LogP contribution < -0.4 is 0 Å². The Morgan fingerprint density at radius 1 is 0.341 bits per heavy atom. The highest BCUT2D eigenvalue weighted by Gasteiger charge is 2.19. The fraction of sp³-hybridized carbons (Fsp3) is 0. The molecule has 5 aromatic rings. The molecule has 0 fully saturated rings. The number of hydrogen-bond donors (Lipinski definition) is 1. The normalized spacial score (nSPS) is 11.7. The lowest BCUT2D eigenvalue weighted by molar-refractivity contribution is 0.112. The van der Waals surface area contributed by atoms with Crippen molar-refractivity contribution in [3.05, 3.63) is 171 Å². The predicted octanol–water partition coefficient (Wildman–Crippen LogP) is 9.89. The smallest absolute Gasteiger partial charge is 0.154 e. The molecule has 0 aliphatic rings.